The van der Waals surface area contributed by atoms with Gasteiger partial charge in [-0.05, 0) is 13.0 Å². The van der Waals surface area contributed by atoms with Crippen LogP contribution in [0.25, 0.3) is 0 Å². The van der Waals surface area contributed by atoms with E-state index in [1.807, 2.05) is 0 Å². The van der Waals surface area contributed by atoms with Gasteiger partial charge >= 0.3 is 0 Å². The maximum atomic E-state index is 12.1. The molecule has 0 N–H and O–H groups in total. The normalized spacial score (nSPS) is 14.4. The molecule has 0 radical (unpaired) electrons. The standard InChI is InChI=1S/C12H8ClNO5/c1-2-19-12-9(13)10(15)7-4-3-6(14(17)18)5-8(7)11(12)16/h3-5H,2H2,1H3. The summed E-state index contributed by atoms with van der Waals surface area (Å²) in [5, 5.41) is 10.4. The summed E-state index contributed by atoms with van der Waals surface area (Å²) in [6, 6.07) is 3.43. The number of nitro benzene ring substituents is 1. The Morgan fingerprint density at radius 2 is 1.95 bits per heavy atom. The lowest BCUT2D eigenvalue weighted by molar-refractivity contribution is -0.384. The van der Waals surface area contributed by atoms with Crippen molar-refractivity contribution in [2.75, 3.05) is 6.61 Å². The average molecular weight is 282 g/mol. The minimum Gasteiger partial charge on any atom is -0.488 e. The molecule has 0 bridgehead atoms. The highest BCUT2D eigenvalue weighted by Gasteiger charge is 2.33. The van der Waals surface area contributed by atoms with Crippen molar-refractivity contribution < 1.29 is 19.2 Å². The molecule has 0 spiro atoms. The van der Waals surface area contributed by atoms with Crippen molar-refractivity contribution in [1.29, 1.82) is 0 Å². The van der Waals surface area contributed by atoms with Gasteiger partial charge in [0.2, 0.25) is 11.6 Å². The molecule has 0 saturated heterocycles. The van der Waals surface area contributed by atoms with Gasteiger partial charge in [-0.3, -0.25) is 19.7 Å². The molecular formula is C12H8ClNO5. The molecule has 0 aromatic heterocycles. The Morgan fingerprint density at radius 1 is 1.26 bits per heavy atom. The van der Waals surface area contributed by atoms with Gasteiger partial charge in [0, 0.05) is 23.3 Å². The van der Waals surface area contributed by atoms with Gasteiger partial charge in [-0.2, -0.15) is 0 Å². The largest absolute Gasteiger partial charge is 0.488 e. The predicted molar refractivity (Wildman–Crippen MR) is 66.3 cm³/mol. The summed E-state index contributed by atoms with van der Waals surface area (Å²) in [5.74, 6) is -1.46. The Hall–Kier alpha value is -2.21. The van der Waals surface area contributed by atoms with E-state index in [-0.39, 0.29) is 34.2 Å². The van der Waals surface area contributed by atoms with E-state index in [4.69, 9.17) is 16.3 Å². The smallest absolute Gasteiger partial charge is 0.270 e. The quantitative estimate of drug-likeness (QED) is 0.627. The van der Waals surface area contributed by atoms with Gasteiger partial charge in [0.25, 0.3) is 5.69 Å². The van der Waals surface area contributed by atoms with Crippen molar-refractivity contribution in [3.63, 3.8) is 0 Å². The monoisotopic (exact) mass is 281 g/mol. The highest BCUT2D eigenvalue weighted by atomic mass is 35.5. The molecule has 0 aliphatic heterocycles. The number of halogens is 1. The summed E-state index contributed by atoms with van der Waals surface area (Å²) in [6.45, 7) is 1.80. The zero-order valence-electron chi connectivity index (χ0n) is 9.81. The molecule has 7 heteroatoms. The summed E-state index contributed by atoms with van der Waals surface area (Å²) in [7, 11) is 0. The van der Waals surface area contributed by atoms with Gasteiger partial charge in [0.15, 0.2) is 5.76 Å². The first kappa shape index (κ1) is 13.2. The van der Waals surface area contributed by atoms with Crippen LogP contribution >= 0.6 is 11.6 Å². The molecule has 0 heterocycles. The highest BCUT2D eigenvalue weighted by molar-refractivity contribution is 6.49. The Morgan fingerprint density at radius 3 is 2.53 bits per heavy atom. The number of ether oxygens (including phenoxy) is 1. The summed E-state index contributed by atoms with van der Waals surface area (Å²) in [5.41, 5.74) is -0.287. The van der Waals surface area contributed by atoms with Gasteiger partial charge in [0.1, 0.15) is 5.03 Å². The van der Waals surface area contributed by atoms with Gasteiger partial charge in [-0.1, -0.05) is 11.6 Å². The maximum absolute atomic E-state index is 12.1. The van der Waals surface area contributed by atoms with Crippen LogP contribution in [0, 0.1) is 10.1 Å². The number of allylic oxidation sites excluding steroid dienone is 2. The SMILES string of the molecule is CCOC1=C(Cl)C(=O)c2ccc([N+](=O)[O-])cc2C1=O. The van der Waals surface area contributed by atoms with E-state index in [1.165, 1.54) is 6.07 Å². The molecule has 0 unspecified atom stereocenters. The van der Waals surface area contributed by atoms with Crippen LogP contribution in [-0.4, -0.2) is 23.1 Å². The Kier molecular flexibility index (Phi) is 3.35. The van der Waals surface area contributed by atoms with Gasteiger partial charge in [-0.15, -0.1) is 0 Å². The highest BCUT2D eigenvalue weighted by Crippen LogP contribution is 2.31. The topological polar surface area (TPSA) is 86.5 Å². The molecule has 2 rings (SSSR count). The first-order valence-corrected chi connectivity index (χ1v) is 5.75. The molecule has 0 saturated carbocycles. The third-order valence-electron chi connectivity index (χ3n) is 2.60. The first-order chi connectivity index (χ1) is 8.97. The molecule has 98 valence electrons. The van der Waals surface area contributed by atoms with Crippen molar-refractivity contribution in [2.45, 2.75) is 6.92 Å². The zero-order valence-corrected chi connectivity index (χ0v) is 10.6. The molecule has 19 heavy (non-hydrogen) atoms. The van der Waals surface area contributed by atoms with E-state index in [0.717, 1.165) is 12.1 Å². The zero-order chi connectivity index (χ0) is 14.2. The molecule has 0 fully saturated rings. The molecule has 0 atom stereocenters. The van der Waals surface area contributed by atoms with Crippen LogP contribution in [0.1, 0.15) is 27.6 Å². The minimum atomic E-state index is -0.641. The fourth-order valence-corrected chi connectivity index (χ4v) is 1.99. The third-order valence-corrected chi connectivity index (χ3v) is 2.94. The molecule has 1 aliphatic rings. The first-order valence-electron chi connectivity index (χ1n) is 5.37. The number of benzene rings is 1. The predicted octanol–water partition coefficient (Wildman–Crippen LogP) is 2.46. The van der Waals surface area contributed by atoms with Crippen LogP contribution in [0.15, 0.2) is 29.0 Å². The number of nitrogens with zero attached hydrogens (tertiary/aromatic N) is 1. The van der Waals surface area contributed by atoms with E-state index in [2.05, 4.69) is 0 Å². The Labute approximate surface area is 112 Å². The second-order valence-electron chi connectivity index (χ2n) is 3.72. The summed E-state index contributed by atoms with van der Waals surface area (Å²) in [6.07, 6.45) is 0. The number of nitro groups is 1. The lowest BCUT2D eigenvalue weighted by Crippen LogP contribution is -2.21. The molecule has 1 aromatic rings. The fourth-order valence-electron chi connectivity index (χ4n) is 1.75. The Bertz CT molecular complexity index is 635. The number of Topliss-reactive ketones (excluding diaryl/α,β-unsaturated/α-hetero) is 2. The number of hydrogen-bond donors (Lipinski definition) is 0. The lowest BCUT2D eigenvalue weighted by atomic mass is 9.93. The second-order valence-corrected chi connectivity index (χ2v) is 4.10. The number of carbonyl (C=O) groups is 2. The van der Waals surface area contributed by atoms with Crippen LogP contribution < -0.4 is 0 Å². The van der Waals surface area contributed by atoms with Crippen molar-refractivity contribution in [3.05, 3.63) is 50.2 Å². The van der Waals surface area contributed by atoms with Gasteiger partial charge in [-0.25, -0.2) is 0 Å². The van der Waals surface area contributed by atoms with Gasteiger partial charge < -0.3 is 4.74 Å². The molecule has 1 aromatic carbocycles. The Balaban J connectivity index is 2.60. The van der Waals surface area contributed by atoms with Crippen molar-refractivity contribution in [3.8, 4) is 0 Å². The molecule has 0 amide bonds. The van der Waals surface area contributed by atoms with E-state index in [9.17, 15) is 19.7 Å². The average Bonchev–Trinajstić information content (AvgIpc) is 2.40. The number of hydrogen-bond acceptors (Lipinski definition) is 5. The minimum absolute atomic E-state index is 0.0454. The van der Waals surface area contributed by atoms with Crippen LogP contribution in [0.2, 0.25) is 0 Å². The lowest BCUT2D eigenvalue weighted by Gasteiger charge is -2.17. The van der Waals surface area contributed by atoms with E-state index in [1.54, 1.807) is 6.92 Å². The number of fused-ring (bicyclic) bond motifs is 1. The van der Waals surface area contributed by atoms with Crippen LogP contribution in [0.4, 0.5) is 5.69 Å². The second kappa shape index (κ2) is 4.81. The molecular weight excluding hydrogens is 274 g/mol. The number of non-ortho nitro benzene ring substituents is 1. The van der Waals surface area contributed by atoms with Crippen LogP contribution in [0.5, 0.6) is 0 Å². The van der Waals surface area contributed by atoms with Gasteiger partial charge in [0.05, 0.1) is 11.5 Å². The number of carbonyl (C=O) groups excluding carboxylic acids is 2. The van der Waals surface area contributed by atoms with E-state index in [0.29, 0.717) is 0 Å². The van der Waals surface area contributed by atoms with Crippen molar-refractivity contribution >= 4 is 28.9 Å². The molecule has 1 aliphatic carbocycles. The maximum Gasteiger partial charge on any atom is 0.270 e. The number of ketones is 2. The summed E-state index contributed by atoms with van der Waals surface area (Å²) < 4.78 is 5.04. The van der Waals surface area contributed by atoms with Crippen LogP contribution in [-0.2, 0) is 4.74 Å². The van der Waals surface area contributed by atoms with E-state index < -0.39 is 16.5 Å². The fraction of sp³-hybridized carbons (Fsp3) is 0.167. The third kappa shape index (κ3) is 2.10. The summed E-state index contributed by atoms with van der Waals surface area (Å²) in [4.78, 5) is 34.1. The number of rotatable bonds is 3. The summed E-state index contributed by atoms with van der Waals surface area (Å²) >= 11 is 5.79. The molecule has 6 nitrogen and oxygen atoms in total. The van der Waals surface area contributed by atoms with Crippen LogP contribution in [0.3, 0.4) is 0 Å². The van der Waals surface area contributed by atoms with Crippen molar-refractivity contribution in [1.82, 2.24) is 0 Å². The van der Waals surface area contributed by atoms with E-state index >= 15 is 0 Å². The van der Waals surface area contributed by atoms with Crippen molar-refractivity contribution in [2.24, 2.45) is 0 Å².